The Labute approximate surface area is 175 Å². The van der Waals surface area contributed by atoms with Crippen LogP contribution in [0.4, 0.5) is 0 Å². The summed E-state index contributed by atoms with van der Waals surface area (Å²) in [5.41, 5.74) is -0.393. The number of ether oxygens (including phenoxy) is 4. The van der Waals surface area contributed by atoms with Crippen molar-refractivity contribution in [2.24, 2.45) is 16.7 Å². The van der Waals surface area contributed by atoms with Crippen LogP contribution in [0.15, 0.2) is 42.0 Å². The quantitative estimate of drug-likeness (QED) is 0.324. The summed E-state index contributed by atoms with van der Waals surface area (Å²) in [6.45, 7) is 0. The van der Waals surface area contributed by atoms with Crippen molar-refractivity contribution in [2.45, 2.75) is 37.9 Å². The predicted molar refractivity (Wildman–Crippen MR) is 105 cm³/mol. The summed E-state index contributed by atoms with van der Waals surface area (Å²) in [6, 6.07) is 9.96. The number of hydrogen-bond acceptors (Lipinski definition) is 7. The van der Waals surface area contributed by atoms with E-state index in [0.29, 0.717) is 12.8 Å². The standard InChI is InChI=1S/C23H26O7/c1-27-19(24)22-12-18-15(10-17(30-18)14-7-5-4-6-8-14)9-16(22)11-23(13-22,20(25)28-2)21(26)29-3/h4-9,16-18H,10-13H2,1-3H3/t16-,17-,18+,22+/m1/s1. The molecule has 7 heteroatoms. The fourth-order valence-electron chi connectivity index (χ4n) is 5.54. The maximum absolute atomic E-state index is 13.0. The topological polar surface area (TPSA) is 88.1 Å². The normalized spacial score (nSPS) is 31.2. The first-order valence-corrected chi connectivity index (χ1v) is 10.1. The number of hydrogen-bond donors (Lipinski definition) is 0. The fourth-order valence-corrected chi connectivity index (χ4v) is 5.54. The first kappa shape index (κ1) is 20.6. The third-order valence-corrected chi connectivity index (χ3v) is 6.94. The molecule has 2 fully saturated rings. The van der Waals surface area contributed by atoms with Crippen LogP contribution in [0.5, 0.6) is 0 Å². The molecule has 0 aromatic heterocycles. The first-order valence-electron chi connectivity index (χ1n) is 10.1. The summed E-state index contributed by atoms with van der Waals surface area (Å²) in [7, 11) is 3.80. The summed E-state index contributed by atoms with van der Waals surface area (Å²) in [4.78, 5) is 38.4. The maximum Gasteiger partial charge on any atom is 0.323 e. The SMILES string of the molecule is COC(=O)C1(C(=O)OC)C[C@H]2C=C3C[C@H](c4ccccc4)O[C@H]3C[C@]2(C(=O)OC)C1. The van der Waals surface area contributed by atoms with Crippen molar-refractivity contribution in [1.29, 1.82) is 0 Å². The van der Waals surface area contributed by atoms with Crippen LogP contribution in [-0.4, -0.2) is 45.3 Å². The Morgan fingerprint density at radius 2 is 1.53 bits per heavy atom. The molecule has 0 spiro atoms. The van der Waals surface area contributed by atoms with Gasteiger partial charge >= 0.3 is 17.9 Å². The smallest absolute Gasteiger partial charge is 0.323 e. The van der Waals surface area contributed by atoms with Crippen LogP contribution in [0.3, 0.4) is 0 Å². The summed E-state index contributed by atoms with van der Waals surface area (Å²) < 4.78 is 21.4. The number of carbonyl (C=O) groups excluding carboxylic acids is 3. The second kappa shape index (κ2) is 7.54. The molecule has 1 saturated heterocycles. The van der Waals surface area contributed by atoms with Gasteiger partial charge in [-0.1, -0.05) is 36.4 Å². The molecule has 1 heterocycles. The van der Waals surface area contributed by atoms with Gasteiger partial charge in [0.15, 0.2) is 5.41 Å². The molecule has 0 radical (unpaired) electrons. The Balaban J connectivity index is 1.71. The predicted octanol–water partition coefficient (Wildman–Crippen LogP) is 2.75. The molecular formula is C23H26O7. The highest BCUT2D eigenvalue weighted by Crippen LogP contribution is 2.62. The molecule has 7 nitrogen and oxygen atoms in total. The van der Waals surface area contributed by atoms with Crippen molar-refractivity contribution in [3.05, 3.63) is 47.5 Å². The molecule has 3 aliphatic rings. The van der Waals surface area contributed by atoms with Gasteiger partial charge in [-0.2, -0.15) is 0 Å². The number of allylic oxidation sites excluding steroid dienone is 1. The highest BCUT2D eigenvalue weighted by atomic mass is 16.5. The third kappa shape index (κ3) is 2.95. The van der Waals surface area contributed by atoms with Gasteiger partial charge in [-0.25, -0.2) is 0 Å². The average molecular weight is 414 g/mol. The minimum Gasteiger partial charge on any atom is -0.469 e. The molecule has 2 aliphatic carbocycles. The zero-order valence-corrected chi connectivity index (χ0v) is 17.4. The lowest BCUT2D eigenvalue weighted by Crippen LogP contribution is -2.44. The lowest BCUT2D eigenvalue weighted by atomic mass is 9.67. The van der Waals surface area contributed by atoms with Crippen molar-refractivity contribution in [3.63, 3.8) is 0 Å². The zero-order chi connectivity index (χ0) is 21.5. The number of esters is 3. The van der Waals surface area contributed by atoms with Gasteiger partial charge in [-0.05, 0) is 36.3 Å². The van der Waals surface area contributed by atoms with E-state index in [-0.39, 0.29) is 31.0 Å². The summed E-state index contributed by atoms with van der Waals surface area (Å²) in [5, 5.41) is 0. The van der Waals surface area contributed by atoms with Crippen LogP contribution in [0.2, 0.25) is 0 Å². The van der Waals surface area contributed by atoms with E-state index in [1.165, 1.54) is 21.3 Å². The molecular weight excluding hydrogens is 388 g/mol. The summed E-state index contributed by atoms with van der Waals surface area (Å²) in [5.74, 6) is -2.14. The average Bonchev–Trinajstić information content (AvgIpc) is 3.35. The van der Waals surface area contributed by atoms with Crippen molar-refractivity contribution in [1.82, 2.24) is 0 Å². The molecule has 1 aromatic carbocycles. The van der Waals surface area contributed by atoms with E-state index in [2.05, 4.69) is 0 Å². The van der Waals surface area contributed by atoms with E-state index in [1.54, 1.807) is 0 Å². The Morgan fingerprint density at radius 1 is 0.900 bits per heavy atom. The van der Waals surface area contributed by atoms with Gasteiger partial charge in [0.1, 0.15) is 0 Å². The van der Waals surface area contributed by atoms with Gasteiger partial charge < -0.3 is 18.9 Å². The van der Waals surface area contributed by atoms with E-state index in [9.17, 15) is 14.4 Å². The largest absolute Gasteiger partial charge is 0.469 e. The second-order valence-corrected chi connectivity index (χ2v) is 8.37. The number of benzene rings is 1. The van der Waals surface area contributed by atoms with Crippen molar-refractivity contribution >= 4 is 17.9 Å². The highest BCUT2D eigenvalue weighted by molar-refractivity contribution is 6.02. The number of rotatable bonds is 4. The summed E-state index contributed by atoms with van der Waals surface area (Å²) >= 11 is 0. The van der Waals surface area contributed by atoms with Crippen LogP contribution in [0.1, 0.15) is 37.4 Å². The molecule has 0 N–H and O–H groups in total. The van der Waals surface area contributed by atoms with Gasteiger partial charge in [0.25, 0.3) is 0 Å². The molecule has 4 rings (SSSR count). The summed E-state index contributed by atoms with van der Waals surface area (Å²) in [6.07, 6.45) is 2.87. The van der Waals surface area contributed by atoms with Gasteiger partial charge in [0.05, 0.1) is 39.0 Å². The second-order valence-electron chi connectivity index (χ2n) is 8.37. The molecule has 160 valence electrons. The van der Waals surface area contributed by atoms with Gasteiger partial charge in [-0.15, -0.1) is 0 Å². The number of carbonyl (C=O) groups is 3. The molecule has 0 unspecified atom stereocenters. The number of methoxy groups -OCH3 is 3. The van der Waals surface area contributed by atoms with E-state index in [4.69, 9.17) is 18.9 Å². The van der Waals surface area contributed by atoms with Crippen molar-refractivity contribution < 1.29 is 33.3 Å². The Bertz CT molecular complexity index is 874. The van der Waals surface area contributed by atoms with Crippen molar-refractivity contribution in [3.8, 4) is 0 Å². The van der Waals surface area contributed by atoms with Gasteiger partial charge in [0, 0.05) is 6.42 Å². The zero-order valence-electron chi connectivity index (χ0n) is 17.4. The molecule has 1 aromatic rings. The molecule has 0 bridgehead atoms. The lowest BCUT2D eigenvalue weighted by Gasteiger charge is -2.37. The molecule has 4 atom stereocenters. The van der Waals surface area contributed by atoms with Crippen LogP contribution >= 0.6 is 0 Å². The molecule has 1 aliphatic heterocycles. The van der Waals surface area contributed by atoms with E-state index >= 15 is 0 Å². The Kier molecular flexibility index (Phi) is 5.18. The molecule has 1 saturated carbocycles. The minimum absolute atomic E-state index is 0.0175. The van der Waals surface area contributed by atoms with Crippen LogP contribution in [0.25, 0.3) is 0 Å². The Hall–Kier alpha value is -2.67. The third-order valence-electron chi connectivity index (χ3n) is 6.94. The maximum atomic E-state index is 13.0. The highest BCUT2D eigenvalue weighted by Gasteiger charge is 2.68. The van der Waals surface area contributed by atoms with Gasteiger partial charge in [-0.3, -0.25) is 14.4 Å². The van der Waals surface area contributed by atoms with E-state index in [1.807, 2.05) is 36.4 Å². The number of fused-ring (bicyclic) bond motifs is 2. The van der Waals surface area contributed by atoms with Crippen molar-refractivity contribution in [2.75, 3.05) is 21.3 Å². The lowest BCUT2D eigenvalue weighted by molar-refractivity contribution is -0.170. The van der Waals surface area contributed by atoms with E-state index in [0.717, 1.165) is 11.1 Å². The van der Waals surface area contributed by atoms with E-state index < -0.39 is 28.7 Å². The fraction of sp³-hybridized carbons (Fsp3) is 0.522. The monoisotopic (exact) mass is 414 g/mol. The van der Waals surface area contributed by atoms with Gasteiger partial charge in [0.2, 0.25) is 0 Å². The Morgan fingerprint density at radius 3 is 2.13 bits per heavy atom. The van der Waals surface area contributed by atoms with Crippen LogP contribution < -0.4 is 0 Å². The van der Waals surface area contributed by atoms with Crippen LogP contribution in [-0.2, 0) is 33.3 Å². The van der Waals surface area contributed by atoms with Crippen LogP contribution in [0, 0.1) is 16.7 Å². The first-order chi connectivity index (χ1) is 14.4. The molecule has 30 heavy (non-hydrogen) atoms. The molecule has 0 amide bonds. The minimum atomic E-state index is -1.53.